The smallest absolute Gasteiger partial charge is 0.410 e. The number of aliphatic hydroxyl groups is 1. The van der Waals surface area contributed by atoms with Crippen molar-refractivity contribution in [2.45, 2.75) is 130 Å². The molecule has 5 aromatic carbocycles. The van der Waals surface area contributed by atoms with Gasteiger partial charge in [-0.15, -0.1) is 0 Å². The molecule has 6 amide bonds. The van der Waals surface area contributed by atoms with Gasteiger partial charge in [0.25, 0.3) is 5.91 Å². The number of aliphatic hydroxyl groups excluding tert-OH is 1. The van der Waals surface area contributed by atoms with Gasteiger partial charge < -0.3 is 69.2 Å². The van der Waals surface area contributed by atoms with Crippen LogP contribution in [0.15, 0.2) is 152 Å². The molecule has 3 aliphatic heterocycles. The maximum atomic E-state index is 15.0. The Balaban J connectivity index is 0.804. The molecule has 0 radical (unpaired) electrons. The lowest BCUT2D eigenvalue weighted by Gasteiger charge is -2.41. The molecule has 0 saturated carbocycles. The van der Waals surface area contributed by atoms with Gasteiger partial charge in [-0.1, -0.05) is 134 Å². The number of amides is 6. The molecule has 8 aromatic rings. The largest absolute Gasteiger partial charge is 0.465 e. The maximum absolute atomic E-state index is 15.0. The summed E-state index contributed by atoms with van der Waals surface area (Å²) in [5.74, 6) is -5.32. The van der Waals surface area contributed by atoms with Gasteiger partial charge in [-0.05, 0) is 162 Å². The number of carbonyl (C=O) groups excluding carboxylic acids is 9. The third-order valence-corrected chi connectivity index (χ3v) is 22.7. The fourth-order valence-electron chi connectivity index (χ4n) is 16.1. The molecule has 119 heavy (non-hydrogen) atoms. The highest BCUT2D eigenvalue weighted by molar-refractivity contribution is 6.02. The Kier molecular flexibility index (Phi) is 28.8. The summed E-state index contributed by atoms with van der Waals surface area (Å²) >= 11 is 0. The lowest BCUT2D eigenvalue weighted by molar-refractivity contribution is -0.148. The van der Waals surface area contributed by atoms with E-state index in [4.69, 9.17) is 38.4 Å². The van der Waals surface area contributed by atoms with Crippen LogP contribution in [-0.2, 0) is 47.6 Å². The number of ether oxygens (including phenoxy) is 6. The zero-order valence-electron chi connectivity index (χ0n) is 69.9. The molecular weight excluding hydrogens is 1510 g/mol. The highest BCUT2D eigenvalue weighted by Gasteiger charge is 2.44. The molecule has 3 aromatic heterocycles. The van der Waals surface area contributed by atoms with Crippen LogP contribution in [0.5, 0.6) is 0 Å². The number of carbonyl (C=O) groups is 9. The summed E-state index contributed by atoms with van der Waals surface area (Å²) in [6, 6.07) is 41.1. The molecule has 10 atom stereocenters. The van der Waals surface area contributed by atoms with Crippen LogP contribution in [0.1, 0.15) is 157 Å². The van der Waals surface area contributed by atoms with Crippen molar-refractivity contribution in [3.63, 3.8) is 0 Å². The van der Waals surface area contributed by atoms with Gasteiger partial charge in [0.15, 0.2) is 0 Å². The molecule has 1 fully saturated rings. The first kappa shape index (κ1) is 87.4. The summed E-state index contributed by atoms with van der Waals surface area (Å²) in [6.45, 7) is 14.7. The van der Waals surface area contributed by atoms with Crippen LogP contribution < -0.4 is 16.0 Å². The minimum absolute atomic E-state index is 0.0967. The first-order valence-electron chi connectivity index (χ1n) is 40.1. The van der Waals surface area contributed by atoms with E-state index < -0.39 is 108 Å². The number of esters is 3. The molecule has 6 N–H and O–H groups in total. The molecule has 3 aliphatic rings. The second kappa shape index (κ2) is 39.2. The number of benzene rings is 5. The number of likely N-dealkylation sites (tertiary alicyclic amines) is 1. The molecule has 0 unspecified atom stereocenters. The minimum Gasteiger partial charge on any atom is -0.465 e. The number of fused-ring (bicyclic) bond motifs is 8. The third-order valence-electron chi connectivity index (χ3n) is 22.7. The van der Waals surface area contributed by atoms with Crippen LogP contribution >= 0.6 is 0 Å². The van der Waals surface area contributed by atoms with E-state index >= 15 is 0 Å². The summed E-state index contributed by atoms with van der Waals surface area (Å²) in [5.41, 5.74) is 12.6. The van der Waals surface area contributed by atoms with Crippen molar-refractivity contribution >= 4 is 99.9 Å². The molecule has 8 bridgehead atoms. The van der Waals surface area contributed by atoms with E-state index in [2.05, 4.69) is 25.9 Å². The van der Waals surface area contributed by atoms with Gasteiger partial charge in [-0.3, -0.25) is 28.9 Å². The third kappa shape index (κ3) is 19.6. The van der Waals surface area contributed by atoms with Gasteiger partial charge >= 0.3 is 24.0 Å². The van der Waals surface area contributed by atoms with Gasteiger partial charge in [-0.25, -0.2) is 29.1 Å². The number of nitrogens with zero attached hydrogens (tertiary/aromatic N) is 5. The Bertz CT molecular complexity index is 5210. The highest BCUT2D eigenvalue weighted by Crippen LogP contribution is 2.40. The number of nitrogens with one attached hydrogen (secondary N) is 5. The number of hydrogen-bond donors (Lipinski definition) is 6. The van der Waals surface area contributed by atoms with Crippen LogP contribution in [0.2, 0.25) is 0 Å². The van der Waals surface area contributed by atoms with E-state index in [0.29, 0.717) is 121 Å². The Morgan fingerprint density at radius 1 is 0.538 bits per heavy atom. The predicted octanol–water partition coefficient (Wildman–Crippen LogP) is 13.8. The summed E-state index contributed by atoms with van der Waals surface area (Å²) in [7, 11) is 10.1. The van der Waals surface area contributed by atoms with Gasteiger partial charge in [0.1, 0.15) is 18.7 Å². The zero-order valence-corrected chi connectivity index (χ0v) is 69.9. The fourth-order valence-corrected chi connectivity index (χ4v) is 16.1. The average molecular weight is 1620 g/mol. The average Bonchev–Trinajstić information content (AvgIpc) is 1.62. The minimum atomic E-state index is -1.11. The van der Waals surface area contributed by atoms with Gasteiger partial charge in [0.2, 0.25) is 23.6 Å². The van der Waals surface area contributed by atoms with Crippen molar-refractivity contribution in [3.8, 4) is 44.5 Å². The lowest BCUT2D eigenvalue weighted by atomic mass is 9.89. The number of methoxy groups -OCH3 is 5. The van der Waals surface area contributed by atoms with Gasteiger partial charge in [0, 0.05) is 84.7 Å². The normalized spacial score (nSPS) is 15.3. The van der Waals surface area contributed by atoms with Crippen molar-refractivity contribution < 1.29 is 76.7 Å². The van der Waals surface area contributed by atoms with E-state index in [-0.39, 0.29) is 42.9 Å². The van der Waals surface area contributed by atoms with E-state index in [9.17, 15) is 48.3 Å². The van der Waals surface area contributed by atoms with Crippen LogP contribution in [0, 0.1) is 23.7 Å². The molecule has 26 nitrogen and oxygen atoms in total. The number of likely N-dealkylation sites (N-methyl/N-ethyl adjacent to an activating group) is 2. The first-order valence-corrected chi connectivity index (χ1v) is 40.1. The SMILES string of the molecule is CC[C@H](C)[C@@H]([C@@H](CC(=O)N1CCC[C@H]1[C@H](OC)[C@@H](C)C(=O)N[C@H](C)[C@@H](O)c1ccccc1)OC)N(C)C(=O)[C@@H](NC(=O)[C@H](C(C)C)N(C)C(=O)OCCNC(=O)c1ccc(-c2c3nc(c(-c4ccc(C(=O)OC)cc4)c4ccc([nH]4)c(-c4ccc(C(=O)OC)cc4)c4nc(c(-c5ccc(C(=O)OC)cc5)c5ccc2[nH]5)C=C4)C=C3)cc1)C(C)C. The van der Waals surface area contributed by atoms with Crippen molar-refractivity contribution in [1.82, 2.24) is 50.6 Å². The molecule has 0 spiro atoms. The van der Waals surface area contributed by atoms with Crippen LogP contribution in [0.3, 0.4) is 0 Å². The van der Waals surface area contributed by atoms with Gasteiger partial charge in [0.05, 0.1) is 116 Å². The van der Waals surface area contributed by atoms with E-state index in [0.717, 1.165) is 16.7 Å². The second-order valence-corrected chi connectivity index (χ2v) is 30.9. The summed E-state index contributed by atoms with van der Waals surface area (Å²) in [5, 5.41) is 19.8. The fraction of sp³-hybridized carbons (Fsp3) is 0.366. The van der Waals surface area contributed by atoms with Crippen molar-refractivity contribution in [1.29, 1.82) is 0 Å². The Labute approximate surface area is 693 Å². The van der Waals surface area contributed by atoms with E-state index in [1.807, 2.05) is 143 Å². The Morgan fingerprint density at radius 3 is 1.37 bits per heavy atom. The number of aromatic nitrogens is 4. The Morgan fingerprint density at radius 2 is 0.975 bits per heavy atom. The summed E-state index contributed by atoms with van der Waals surface area (Å²) in [4.78, 5) is 147. The molecular formula is C93H106N10O16. The first-order chi connectivity index (χ1) is 57.1. The van der Waals surface area contributed by atoms with E-state index in [1.54, 1.807) is 105 Å². The standard InChI is InChI=1S/C93H106N10O16/c1-16-54(6)83(75(114-11)51-76(104)103-49-20-23-74(103)85(115-12)55(7)86(106)95-56(8)84(105)61-21-18-17-19-22-61)101(9)89(109)81(52(2)3)100-88(108)82(53(4)5)102(10)93(113)119-50-48-94-87(107)62-32-24-57(25-33-62)77-66-40-42-68(96-66)78(58-26-34-63(35-27-58)90(110)116-13)70-44-46-72(98-70)80(60-30-38-65(39-31-60)92(112)118-15)73-47-45-71(99-73)79(69-43-41-67(77)97-69)59-28-36-64(37-29-59)91(111)117-14/h17-19,21-22,24-47,52-56,74-75,81-85,96,99,105H,16,20,23,48-51H2,1-15H3,(H,94,107)(H,95,106)(H,100,108)/t54-,55+,56+,74-,75+,81-,82-,83-,84+,85+/m0/s1. The number of hydrogen-bond acceptors (Lipinski definition) is 18. The highest BCUT2D eigenvalue weighted by atomic mass is 16.6. The monoisotopic (exact) mass is 1620 g/mol. The van der Waals surface area contributed by atoms with Crippen LogP contribution in [-0.4, -0.2) is 205 Å². The predicted molar refractivity (Wildman–Crippen MR) is 457 cm³/mol. The van der Waals surface area contributed by atoms with Crippen molar-refractivity contribution in [3.05, 3.63) is 202 Å². The number of aromatic amines is 2. The zero-order chi connectivity index (χ0) is 85.6. The van der Waals surface area contributed by atoms with Gasteiger partial charge in [-0.2, -0.15) is 0 Å². The summed E-state index contributed by atoms with van der Waals surface area (Å²) < 4.78 is 33.0. The molecule has 0 aliphatic carbocycles. The molecule has 624 valence electrons. The summed E-state index contributed by atoms with van der Waals surface area (Å²) in [6.07, 6.45) is 6.19. The second-order valence-electron chi connectivity index (χ2n) is 30.9. The maximum Gasteiger partial charge on any atom is 0.410 e. The number of H-pyrrole nitrogens is 2. The lowest BCUT2D eigenvalue weighted by Crippen LogP contribution is -2.60. The quantitative estimate of drug-likeness (QED) is 0.0134. The molecule has 11 rings (SSSR count). The molecule has 1 saturated heterocycles. The van der Waals surface area contributed by atoms with E-state index in [1.165, 1.54) is 47.5 Å². The van der Waals surface area contributed by atoms with Crippen molar-refractivity contribution in [2.75, 3.05) is 69.3 Å². The topological polar surface area (TPSA) is 332 Å². The van der Waals surface area contributed by atoms with Crippen LogP contribution in [0.4, 0.5) is 4.79 Å². The molecule has 26 heteroatoms. The number of rotatable bonds is 31. The van der Waals surface area contributed by atoms with Crippen LogP contribution in [0.25, 0.3) is 90.9 Å². The Hall–Kier alpha value is -12.4. The van der Waals surface area contributed by atoms with Crippen molar-refractivity contribution in [2.24, 2.45) is 23.7 Å². The molecule has 6 heterocycles.